The van der Waals surface area contributed by atoms with E-state index in [1.807, 2.05) is 25.7 Å². The Morgan fingerprint density at radius 1 is 1.05 bits per heavy atom. The molecule has 4 rings (SSSR count). The van der Waals surface area contributed by atoms with E-state index in [2.05, 4.69) is 25.6 Å². The van der Waals surface area contributed by atoms with Crippen molar-refractivity contribution in [3.8, 4) is 11.4 Å². The zero-order valence-corrected chi connectivity index (χ0v) is 21.0. The van der Waals surface area contributed by atoms with Crippen molar-refractivity contribution in [1.82, 2.24) is 35.1 Å². The number of nitrogens with zero attached hydrogens (tertiary/aromatic N) is 5. The van der Waals surface area contributed by atoms with Gasteiger partial charge >= 0.3 is 0 Å². The minimum absolute atomic E-state index is 0.00601. The molecular weight excluding hydrogens is 487 g/mol. The van der Waals surface area contributed by atoms with E-state index in [0.717, 1.165) is 11.6 Å². The average molecular weight is 516 g/mol. The first-order chi connectivity index (χ1) is 17.5. The SMILES string of the molecule is CNC(=O)[C@@H](NC(=O)c1nc(-c2cc(F)c(F)cc2F)n2c1CN(Cc1cncnc1)CC2)C(C)(C)C. The number of amides is 2. The summed E-state index contributed by atoms with van der Waals surface area (Å²) in [4.78, 5) is 40.5. The Balaban J connectivity index is 1.76. The molecule has 2 N–H and O–H groups in total. The predicted octanol–water partition coefficient (Wildman–Crippen LogP) is 2.66. The maximum absolute atomic E-state index is 14.7. The van der Waals surface area contributed by atoms with Gasteiger partial charge in [-0.25, -0.2) is 28.1 Å². The van der Waals surface area contributed by atoms with Gasteiger partial charge in [0, 0.05) is 57.3 Å². The molecule has 2 amide bonds. The van der Waals surface area contributed by atoms with Crippen LogP contribution in [0.3, 0.4) is 0 Å². The van der Waals surface area contributed by atoms with Gasteiger partial charge in [0.15, 0.2) is 17.3 Å². The third-order valence-electron chi connectivity index (χ3n) is 6.22. The first kappa shape index (κ1) is 26.3. The molecule has 0 bridgehead atoms. The zero-order valence-electron chi connectivity index (χ0n) is 21.0. The lowest BCUT2D eigenvalue weighted by molar-refractivity contribution is -0.124. The molecule has 196 valence electrons. The van der Waals surface area contributed by atoms with Crippen molar-refractivity contribution in [2.24, 2.45) is 5.41 Å². The number of hydrogen-bond acceptors (Lipinski definition) is 6. The highest BCUT2D eigenvalue weighted by atomic mass is 19.2. The van der Waals surface area contributed by atoms with Crippen LogP contribution in [0.4, 0.5) is 13.2 Å². The van der Waals surface area contributed by atoms with Crippen molar-refractivity contribution in [2.75, 3.05) is 13.6 Å². The van der Waals surface area contributed by atoms with Crippen LogP contribution in [0.1, 0.15) is 42.5 Å². The molecule has 9 nitrogen and oxygen atoms in total. The van der Waals surface area contributed by atoms with Crippen molar-refractivity contribution in [3.63, 3.8) is 0 Å². The number of imidazole rings is 1. The number of likely N-dealkylation sites (N-methyl/N-ethyl adjacent to an activating group) is 1. The van der Waals surface area contributed by atoms with Crippen molar-refractivity contribution in [1.29, 1.82) is 0 Å². The molecule has 1 aliphatic heterocycles. The Morgan fingerprint density at radius 3 is 2.38 bits per heavy atom. The summed E-state index contributed by atoms with van der Waals surface area (Å²) in [7, 11) is 1.47. The normalized spacial score (nSPS) is 14.7. The lowest BCUT2D eigenvalue weighted by Crippen LogP contribution is -2.53. The summed E-state index contributed by atoms with van der Waals surface area (Å²) < 4.78 is 44.0. The quantitative estimate of drug-likeness (QED) is 0.489. The van der Waals surface area contributed by atoms with E-state index in [1.54, 1.807) is 17.0 Å². The van der Waals surface area contributed by atoms with E-state index >= 15 is 0 Å². The third kappa shape index (κ3) is 5.48. The number of rotatable bonds is 6. The van der Waals surface area contributed by atoms with E-state index in [-0.39, 0.29) is 29.5 Å². The van der Waals surface area contributed by atoms with Crippen LogP contribution in [-0.2, 0) is 24.4 Å². The fourth-order valence-corrected chi connectivity index (χ4v) is 4.33. The van der Waals surface area contributed by atoms with E-state index in [1.165, 1.54) is 13.4 Å². The summed E-state index contributed by atoms with van der Waals surface area (Å²) in [6, 6.07) is 0.308. The van der Waals surface area contributed by atoms with E-state index in [4.69, 9.17) is 0 Å². The Kier molecular flexibility index (Phi) is 7.30. The second-order valence-corrected chi connectivity index (χ2v) is 9.97. The molecule has 2 aromatic heterocycles. The molecular formula is C25H28F3N7O2. The molecule has 37 heavy (non-hydrogen) atoms. The molecule has 3 aromatic rings. The van der Waals surface area contributed by atoms with Crippen LogP contribution in [0, 0.1) is 22.9 Å². The first-order valence-electron chi connectivity index (χ1n) is 11.7. The van der Waals surface area contributed by atoms with Gasteiger partial charge in [-0.1, -0.05) is 20.8 Å². The van der Waals surface area contributed by atoms with Crippen LogP contribution in [-0.4, -0.2) is 55.9 Å². The monoisotopic (exact) mass is 515 g/mol. The summed E-state index contributed by atoms with van der Waals surface area (Å²) in [6.07, 6.45) is 4.80. The zero-order chi connectivity index (χ0) is 26.9. The number of benzene rings is 1. The fraction of sp³-hybridized carbons (Fsp3) is 0.400. The maximum atomic E-state index is 14.7. The molecule has 12 heteroatoms. The second-order valence-electron chi connectivity index (χ2n) is 9.97. The predicted molar refractivity (Wildman–Crippen MR) is 128 cm³/mol. The molecule has 0 unspecified atom stereocenters. The lowest BCUT2D eigenvalue weighted by atomic mass is 9.86. The minimum Gasteiger partial charge on any atom is -0.357 e. The number of carbonyl (C=O) groups excluding carboxylic acids is 2. The molecule has 0 spiro atoms. The topological polar surface area (TPSA) is 105 Å². The Bertz CT molecular complexity index is 1320. The number of nitrogens with one attached hydrogen (secondary N) is 2. The number of aromatic nitrogens is 4. The van der Waals surface area contributed by atoms with Crippen molar-refractivity contribution in [3.05, 3.63) is 65.3 Å². The fourth-order valence-electron chi connectivity index (χ4n) is 4.33. The average Bonchev–Trinajstić information content (AvgIpc) is 3.23. The van der Waals surface area contributed by atoms with Crippen LogP contribution in [0.5, 0.6) is 0 Å². The van der Waals surface area contributed by atoms with Crippen LogP contribution in [0.15, 0.2) is 30.9 Å². The van der Waals surface area contributed by atoms with Gasteiger partial charge in [0.25, 0.3) is 5.91 Å². The number of carbonyl (C=O) groups is 2. The summed E-state index contributed by atoms with van der Waals surface area (Å²) in [6.45, 7) is 7.00. The number of halogens is 3. The van der Waals surface area contributed by atoms with Crippen LogP contribution < -0.4 is 10.6 Å². The Morgan fingerprint density at radius 2 is 1.73 bits per heavy atom. The van der Waals surface area contributed by atoms with Gasteiger partial charge in [-0.3, -0.25) is 14.5 Å². The molecule has 0 saturated heterocycles. The van der Waals surface area contributed by atoms with Gasteiger partial charge in [0.2, 0.25) is 5.91 Å². The van der Waals surface area contributed by atoms with E-state index in [9.17, 15) is 22.8 Å². The van der Waals surface area contributed by atoms with Gasteiger partial charge in [-0.15, -0.1) is 0 Å². The highest BCUT2D eigenvalue weighted by Gasteiger charge is 2.35. The molecule has 3 heterocycles. The summed E-state index contributed by atoms with van der Waals surface area (Å²) in [5.74, 6) is -4.56. The van der Waals surface area contributed by atoms with Crippen molar-refractivity contribution >= 4 is 11.8 Å². The first-order valence-corrected chi connectivity index (χ1v) is 11.7. The van der Waals surface area contributed by atoms with Crippen molar-refractivity contribution in [2.45, 2.75) is 46.4 Å². The molecule has 0 saturated carbocycles. The Hall–Kier alpha value is -3.80. The van der Waals surface area contributed by atoms with Gasteiger partial charge < -0.3 is 15.2 Å². The Labute approximate surface area is 212 Å². The van der Waals surface area contributed by atoms with Gasteiger partial charge in [0.05, 0.1) is 11.3 Å². The smallest absolute Gasteiger partial charge is 0.272 e. The standard InChI is InChI=1S/C25H28F3N7O2/c1-25(2,3)21(24(37)29-4)33-23(36)20-19-12-34(11-14-9-30-13-31-10-14)5-6-35(19)22(32-20)15-7-17(27)18(28)8-16(15)26/h7-10,13,21H,5-6,11-12H2,1-4H3,(H,29,37)(H,33,36)/t21-/m1/s1. The van der Waals surface area contributed by atoms with Crippen LogP contribution in [0.2, 0.25) is 0 Å². The second kappa shape index (κ2) is 10.3. The van der Waals surface area contributed by atoms with E-state index < -0.39 is 34.8 Å². The molecule has 1 aliphatic rings. The van der Waals surface area contributed by atoms with Gasteiger partial charge in [0.1, 0.15) is 24.0 Å². The largest absolute Gasteiger partial charge is 0.357 e. The molecule has 1 aromatic carbocycles. The molecule has 0 radical (unpaired) electrons. The van der Waals surface area contributed by atoms with E-state index in [0.29, 0.717) is 31.4 Å². The third-order valence-corrected chi connectivity index (χ3v) is 6.22. The highest BCUT2D eigenvalue weighted by molar-refractivity contribution is 5.98. The molecule has 0 aliphatic carbocycles. The lowest BCUT2D eigenvalue weighted by Gasteiger charge is -2.31. The van der Waals surface area contributed by atoms with Crippen LogP contribution in [0.25, 0.3) is 11.4 Å². The number of hydrogen-bond donors (Lipinski definition) is 2. The summed E-state index contributed by atoms with van der Waals surface area (Å²) in [5, 5.41) is 5.29. The van der Waals surface area contributed by atoms with Crippen molar-refractivity contribution < 1.29 is 22.8 Å². The molecule has 1 atom stereocenters. The summed E-state index contributed by atoms with van der Waals surface area (Å²) in [5.41, 5.74) is 0.420. The minimum atomic E-state index is -1.32. The van der Waals surface area contributed by atoms with Crippen LogP contribution >= 0.6 is 0 Å². The van der Waals surface area contributed by atoms with Gasteiger partial charge in [-0.2, -0.15) is 0 Å². The summed E-state index contributed by atoms with van der Waals surface area (Å²) >= 11 is 0. The highest BCUT2D eigenvalue weighted by Crippen LogP contribution is 2.30. The van der Waals surface area contributed by atoms with Gasteiger partial charge in [-0.05, 0) is 11.5 Å². The molecule has 0 fully saturated rings. The maximum Gasteiger partial charge on any atom is 0.272 e. The number of fused-ring (bicyclic) bond motifs is 1.